The molecule has 1 saturated heterocycles. The topological polar surface area (TPSA) is 15.3 Å². The van der Waals surface area contributed by atoms with Gasteiger partial charge in [-0.2, -0.15) is 26.3 Å². The third-order valence-corrected chi connectivity index (χ3v) is 4.02. The van der Waals surface area contributed by atoms with Crippen molar-refractivity contribution in [2.45, 2.75) is 31.7 Å². The van der Waals surface area contributed by atoms with E-state index in [9.17, 15) is 26.3 Å². The third kappa shape index (κ3) is 5.91. The molecule has 0 unspecified atom stereocenters. The Labute approximate surface area is 154 Å². The number of benzene rings is 1. The number of piperazine rings is 1. The van der Waals surface area contributed by atoms with E-state index in [4.69, 9.17) is 0 Å². The molecule has 25 heavy (non-hydrogen) atoms. The van der Waals surface area contributed by atoms with Crippen LogP contribution in [0.3, 0.4) is 0 Å². The average molecular weight is 413 g/mol. The fourth-order valence-corrected chi connectivity index (χ4v) is 2.94. The molecule has 0 spiro atoms. The lowest BCUT2D eigenvalue weighted by Gasteiger charge is -2.36. The minimum Gasteiger partial charge on any atom is -0.314 e. The smallest absolute Gasteiger partial charge is 0.314 e. The molecular formula is C15H20Cl2F6N2. The summed E-state index contributed by atoms with van der Waals surface area (Å²) in [6.45, 7) is 4.18. The molecule has 0 saturated carbocycles. The molecule has 2 nitrogen and oxygen atoms in total. The van der Waals surface area contributed by atoms with Crippen LogP contribution in [-0.4, -0.2) is 31.1 Å². The third-order valence-electron chi connectivity index (χ3n) is 4.02. The van der Waals surface area contributed by atoms with Gasteiger partial charge in [-0.1, -0.05) is 13.0 Å². The van der Waals surface area contributed by atoms with Gasteiger partial charge < -0.3 is 5.32 Å². The van der Waals surface area contributed by atoms with Gasteiger partial charge in [-0.15, -0.1) is 24.8 Å². The average Bonchev–Trinajstić information content (AvgIpc) is 2.47. The zero-order chi connectivity index (χ0) is 17.3. The second kappa shape index (κ2) is 9.30. The summed E-state index contributed by atoms with van der Waals surface area (Å²) in [6.07, 6.45) is -9.22. The fraction of sp³-hybridized carbons (Fsp3) is 0.600. The van der Waals surface area contributed by atoms with Gasteiger partial charge in [0.15, 0.2) is 0 Å². The minimum atomic E-state index is -4.82. The van der Waals surface area contributed by atoms with Crippen molar-refractivity contribution < 1.29 is 26.3 Å². The van der Waals surface area contributed by atoms with E-state index in [0.717, 1.165) is 12.1 Å². The maximum atomic E-state index is 13.3. The van der Waals surface area contributed by atoms with Gasteiger partial charge in [0.05, 0.1) is 11.1 Å². The summed E-state index contributed by atoms with van der Waals surface area (Å²) in [5.74, 6) is 0. The molecule has 1 aromatic carbocycles. The van der Waals surface area contributed by atoms with E-state index in [-0.39, 0.29) is 36.4 Å². The van der Waals surface area contributed by atoms with Gasteiger partial charge in [0.2, 0.25) is 0 Å². The van der Waals surface area contributed by atoms with Crippen LogP contribution in [0.4, 0.5) is 26.3 Å². The first-order chi connectivity index (χ1) is 10.6. The number of hydrogen-bond donors (Lipinski definition) is 1. The SMILES string of the molecule is CC[C@@H](c1ccc(C(F)(F)F)cc1C(F)(F)F)N1CCNCC1.Cl.Cl. The molecule has 1 aliphatic heterocycles. The van der Waals surface area contributed by atoms with Crippen molar-refractivity contribution in [1.29, 1.82) is 0 Å². The molecule has 2 rings (SSSR count). The molecule has 0 aliphatic carbocycles. The molecule has 1 aliphatic rings. The second-order valence-electron chi connectivity index (χ2n) is 5.51. The zero-order valence-electron chi connectivity index (χ0n) is 13.4. The van der Waals surface area contributed by atoms with E-state index >= 15 is 0 Å². The minimum absolute atomic E-state index is 0. The highest BCUT2D eigenvalue weighted by atomic mass is 35.5. The van der Waals surface area contributed by atoms with Crippen molar-refractivity contribution in [3.05, 3.63) is 34.9 Å². The van der Waals surface area contributed by atoms with Crippen molar-refractivity contribution in [1.82, 2.24) is 10.2 Å². The Morgan fingerprint density at radius 3 is 2.00 bits per heavy atom. The normalized spacial score (nSPS) is 17.4. The van der Waals surface area contributed by atoms with Gasteiger partial charge >= 0.3 is 12.4 Å². The summed E-state index contributed by atoms with van der Waals surface area (Å²) in [6, 6.07) is 1.38. The number of alkyl halides is 6. The van der Waals surface area contributed by atoms with Crippen LogP contribution >= 0.6 is 24.8 Å². The monoisotopic (exact) mass is 412 g/mol. The van der Waals surface area contributed by atoms with Gasteiger partial charge in [0.25, 0.3) is 0 Å². The molecule has 0 aromatic heterocycles. The molecule has 146 valence electrons. The van der Waals surface area contributed by atoms with Crippen LogP contribution in [-0.2, 0) is 12.4 Å². The summed E-state index contributed by atoms with van der Waals surface area (Å²) < 4.78 is 78.1. The fourth-order valence-electron chi connectivity index (χ4n) is 2.94. The second-order valence-corrected chi connectivity index (χ2v) is 5.51. The van der Waals surface area contributed by atoms with Crippen LogP contribution < -0.4 is 5.32 Å². The van der Waals surface area contributed by atoms with E-state index in [1.807, 2.05) is 4.90 Å². The highest BCUT2D eigenvalue weighted by Crippen LogP contribution is 2.41. The van der Waals surface area contributed by atoms with E-state index in [1.165, 1.54) is 0 Å². The van der Waals surface area contributed by atoms with Crippen molar-refractivity contribution in [3.8, 4) is 0 Å². The zero-order valence-corrected chi connectivity index (χ0v) is 15.0. The molecule has 1 atom stereocenters. The Bertz CT molecular complexity index is 542. The lowest BCUT2D eigenvalue weighted by Crippen LogP contribution is -2.45. The first-order valence-corrected chi connectivity index (χ1v) is 7.37. The lowest BCUT2D eigenvalue weighted by molar-refractivity contribution is -0.143. The number of hydrogen-bond acceptors (Lipinski definition) is 2. The van der Waals surface area contributed by atoms with Gasteiger partial charge in [0.1, 0.15) is 0 Å². The predicted molar refractivity (Wildman–Crippen MR) is 88.4 cm³/mol. The quantitative estimate of drug-likeness (QED) is 0.708. The van der Waals surface area contributed by atoms with Crippen molar-refractivity contribution in [2.24, 2.45) is 0 Å². The maximum absolute atomic E-state index is 13.3. The molecule has 1 fully saturated rings. The molecule has 1 aromatic rings. The molecule has 10 heteroatoms. The number of rotatable bonds is 3. The van der Waals surface area contributed by atoms with E-state index in [2.05, 4.69) is 5.32 Å². The van der Waals surface area contributed by atoms with Crippen molar-refractivity contribution >= 4 is 24.8 Å². The molecule has 1 N–H and O–H groups in total. The molecule has 0 amide bonds. The van der Waals surface area contributed by atoms with Crippen LogP contribution in [0.25, 0.3) is 0 Å². The first-order valence-electron chi connectivity index (χ1n) is 7.37. The predicted octanol–water partition coefficient (Wildman–Crippen LogP) is 4.92. The summed E-state index contributed by atoms with van der Waals surface area (Å²) in [7, 11) is 0. The Kier molecular flexibility index (Phi) is 9.04. The summed E-state index contributed by atoms with van der Waals surface area (Å²) in [5.41, 5.74) is -2.56. The van der Waals surface area contributed by atoms with Crippen LogP contribution in [0.2, 0.25) is 0 Å². The summed E-state index contributed by atoms with van der Waals surface area (Å²) in [5, 5.41) is 3.11. The van der Waals surface area contributed by atoms with Crippen molar-refractivity contribution in [3.63, 3.8) is 0 Å². The van der Waals surface area contributed by atoms with Crippen LogP contribution in [0.5, 0.6) is 0 Å². The van der Waals surface area contributed by atoms with Gasteiger partial charge in [-0.05, 0) is 24.1 Å². The number of halogens is 8. The van der Waals surface area contributed by atoms with Crippen LogP contribution in [0.1, 0.15) is 36.1 Å². The molecular weight excluding hydrogens is 393 g/mol. The highest BCUT2D eigenvalue weighted by Gasteiger charge is 2.40. The van der Waals surface area contributed by atoms with Gasteiger partial charge in [-0.3, -0.25) is 4.90 Å². The van der Waals surface area contributed by atoms with Gasteiger partial charge in [-0.25, -0.2) is 0 Å². The maximum Gasteiger partial charge on any atom is 0.416 e. The van der Waals surface area contributed by atoms with Crippen LogP contribution in [0.15, 0.2) is 18.2 Å². The largest absolute Gasteiger partial charge is 0.416 e. The summed E-state index contributed by atoms with van der Waals surface area (Å²) in [4.78, 5) is 1.88. The van der Waals surface area contributed by atoms with E-state index < -0.39 is 29.5 Å². The number of nitrogens with one attached hydrogen (secondary N) is 1. The Balaban J connectivity index is 0.00000288. The molecule has 0 bridgehead atoms. The van der Waals surface area contributed by atoms with Gasteiger partial charge in [0, 0.05) is 32.2 Å². The van der Waals surface area contributed by atoms with E-state index in [0.29, 0.717) is 32.6 Å². The Morgan fingerprint density at radius 2 is 1.56 bits per heavy atom. The molecule has 1 heterocycles. The van der Waals surface area contributed by atoms with Crippen molar-refractivity contribution in [2.75, 3.05) is 26.2 Å². The standard InChI is InChI=1S/C15H18F6N2.2ClH/c1-2-13(23-7-5-22-6-8-23)11-4-3-10(14(16,17)18)9-12(11)15(19,20)21;;/h3-4,9,13,22H,2,5-8H2,1H3;2*1H/t13-;;/m0../s1. The Hall–Kier alpha value is -0.700. The first kappa shape index (κ1) is 24.3. The summed E-state index contributed by atoms with van der Waals surface area (Å²) >= 11 is 0. The lowest BCUT2D eigenvalue weighted by atomic mass is 9.94. The van der Waals surface area contributed by atoms with Crippen LogP contribution in [0, 0.1) is 0 Å². The Morgan fingerprint density at radius 1 is 1.00 bits per heavy atom. The highest BCUT2D eigenvalue weighted by molar-refractivity contribution is 5.85. The molecule has 0 radical (unpaired) electrons. The van der Waals surface area contributed by atoms with E-state index in [1.54, 1.807) is 6.92 Å². The number of nitrogens with zero attached hydrogens (tertiary/aromatic N) is 1.